The molecule has 0 saturated carbocycles. The van der Waals surface area contributed by atoms with Crippen LogP contribution in [0.5, 0.6) is 0 Å². The molecule has 1 N–H and O–H groups in total. The maximum atomic E-state index is 11.9. The van der Waals surface area contributed by atoms with Crippen molar-refractivity contribution in [3.05, 3.63) is 35.9 Å². The normalized spacial score (nSPS) is 23.8. The van der Waals surface area contributed by atoms with Crippen molar-refractivity contribution in [1.29, 1.82) is 0 Å². The molecule has 94 valence electrons. The Bertz CT molecular complexity index is 466. The lowest BCUT2D eigenvalue weighted by Crippen LogP contribution is -2.46. The minimum absolute atomic E-state index is 0.213. The van der Waals surface area contributed by atoms with Gasteiger partial charge < -0.3 is 15.0 Å². The lowest BCUT2D eigenvalue weighted by Gasteiger charge is -2.28. The number of carbonyl (C=O) groups excluding carboxylic acids is 1. The molecule has 0 bridgehead atoms. The van der Waals surface area contributed by atoms with E-state index in [2.05, 4.69) is 10.3 Å². The summed E-state index contributed by atoms with van der Waals surface area (Å²) in [5, 5.41) is 3.26. The highest BCUT2D eigenvalue weighted by atomic mass is 16.5. The molecule has 1 fully saturated rings. The Morgan fingerprint density at radius 1 is 1.22 bits per heavy atom. The van der Waals surface area contributed by atoms with Gasteiger partial charge in [-0.3, -0.25) is 4.79 Å². The Balaban J connectivity index is 1.74. The molecule has 1 unspecified atom stereocenters. The summed E-state index contributed by atoms with van der Waals surface area (Å²) in [6.07, 6.45) is -0.573. The summed E-state index contributed by atoms with van der Waals surface area (Å²) < 4.78 is 5.70. The molecule has 1 amide bonds. The number of amidine groups is 1. The van der Waals surface area contributed by atoms with Gasteiger partial charge in [0.1, 0.15) is 0 Å². The third kappa shape index (κ3) is 2.09. The van der Waals surface area contributed by atoms with Gasteiger partial charge >= 0.3 is 0 Å². The van der Waals surface area contributed by atoms with E-state index in [1.54, 1.807) is 0 Å². The molecule has 2 aliphatic heterocycles. The van der Waals surface area contributed by atoms with Crippen molar-refractivity contribution in [2.24, 2.45) is 4.99 Å². The second-order valence-electron chi connectivity index (χ2n) is 4.38. The van der Waals surface area contributed by atoms with Crippen LogP contribution in [-0.4, -0.2) is 43.0 Å². The van der Waals surface area contributed by atoms with Gasteiger partial charge in [-0.15, -0.1) is 0 Å². The van der Waals surface area contributed by atoms with Crippen LogP contribution in [0.3, 0.4) is 0 Å². The molecule has 5 heteroatoms. The van der Waals surface area contributed by atoms with E-state index in [9.17, 15) is 4.79 Å². The molecule has 18 heavy (non-hydrogen) atoms. The van der Waals surface area contributed by atoms with E-state index < -0.39 is 6.10 Å². The molecule has 3 rings (SSSR count). The van der Waals surface area contributed by atoms with E-state index in [1.807, 2.05) is 35.2 Å². The lowest BCUT2D eigenvalue weighted by atomic mass is 10.1. The monoisotopic (exact) mass is 245 g/mol. The van der Waals surface area contributed by atoms with E-state index in [0.717, 1.165) is 31.7 Å². The molecule has 0 radical (unpaired) electrons. The third-order valence-corrected chi connectivity index (χ3v) is 3.14. The SMILES string of the molecule is O=C1N=C(N2CCNCC2)OC1c1ccccc1. The van der Waals surface area contributed by atoms with Crippen molar-refractivity contribution in [3.8, 4) is 0 Å². The van der Waals surface area contributed by atoms with Gasteiger partial charge in [-0.05, 0) is 0 Å². The fourth-order valence-corrected chi connectivity index (χ4v) is 2.17. The molecule has 0 aromatic heterocycles. The van der Waals surface area contributed by atoms with Gasteiger partial charge in [0.25, 0.3) is 11.9 Å². The first-order chi connectivity index (χ1) is 8.84. The van der Waals surface area contributed by atoms with Crippen LogP contribution >= 0.6 is 0 Å². The second-order valence-corrected chi connectivity index (χ2v) is 4.38. The summed E-state index contributed by atoms with van der Waals surface area (Å²) in [4.78, 5) is 17.9. The van der Waals surface area contributed by atoms with Crippen LogP contribution < -0.4 is 5.32 Å². The highest BCUT2D eigenvalue weighted by Gasteiger charge is 2.33. The van der Waals surface area contributed by atoms with Crippen molar-refractivity contribution in [2.45, 2.75) is 6.10 Å². The number of piperazine rings is 1. The van der Waals surface area contributed by atoms with Crippen molar-refractivity contribution in [3.63, 3.8) is 0 Å². The summed E-state index contributed by atoms with van der Waals surface area (Å²) in [5.74, 6) is -0.213. The fraction of sp³-hybridized carbons (Fsp3) is 0.385. The van der Waals surface area contributed by atoms with E-state index in [4.69, 9.17) is 4.74 Å². The zero-order chi connectivity index (χ0) is 12.4. The van der Waals surface area contributed by atoms with Gasteiger partial charge in [0.05, 0.1) is 0 Å². The first-order valence-corrected chi connectivity index (χ1v) is 6.14. The van der Waals surface area contributed by atoms with Gasteiger partial charge in [0, 0.05) is 31.7 Å². The van der Waals surface area contributed by atoms with Crippen molar-refractivity contribution in [1.82, 2.24) is 10.2 Å². The number of ether oxygens (including phenoxy) is 1. The van der Waals surface area contributed by atoms with Crippen LogP contribution in [0.2, 0.25) is 0 Å². The molecule has 0 aliphatic carbocycles. The number of nitrogens with zero attached hydrogens (tertiary/aromatic N) is 2. The van der Waals surface area contributed by atoms with Crippen LogP contribution in [0.25, 0.3) is 0 Å². The number of aliphatic imine (C=N–C) groups is 1. The lowest BCUT2D eigenvalue weighted by molar-refractivity contribution is -0.123. The summed E-state index contributed by atoms with van der Waals surface area (Å²) in [7, 11) is 0. The Morgan fingerprint density at radius 2 is 1.94 bits per heavy atom. The van der Waals surface area contributed by atoms with E-state index in [-0.39, 0.29) is 5.91 Å². The number of carbonyl (C=O) groups is 1. The molecule has 2 aliphatic rings. The Hall–Kier alpha value is -1.88. The number of hydrogen-bond donors (Lipinski definition) is 1. The highest BCUT2D eigenvalue weighted by Crippen LogP contribution is 2.25. The van der Waals surface area contributed by atoms with Gasteiger partial charge in [-0.1, -0.05) is 30.3 Å². The average molecular weight is 245 g/mol. The first-order valence-electron chi connectivity index (χ1n) is 6.14. The zero-order valence-corrected chi connectivity index (χ0v) is 10.0. The molecule has 1 saturated heterocycles. The van der Waals surface area contributed by atoms with Crippen molar-refractivity contribution in [2.75, 3.05) is 26.2 Å². The van der Waals surface area contributed by atoms with E-state index >= 15 is 0 Å². The quantitative estimate of drug-likeness (QED) is 0.785. The summed E-state index contributed by atoms with van der Waals surface area (Å²) in [5.41, 5.74) is 0.858. The predicted molar refractivity (Wildman–Crippen MR) is 67.2 cm³/mol. The molecule has 5 nitrogen and oxygen atoms in total. The van der Waals surface area contributed by atoms with Gasteiger partial charge in [-0.2, -0.15) is 4.99 Å². The number of amides is 1. The van der Waals surface area contributed by atoms with Crippen LogP contribution in [0.1, 0.15) is 11.7 Å². The second kappa shape index (κ2) is 4.78. The first kappa shape index (κ1) is 11.2. The topological polar surface area (TPSA) is 53.9 Å². The molecule has 1 atom stereocenters. The molecule has 1 aromatic rings. The fourth-order valence-electron chi connectivity index (χ4n) is 2.17. The Morgan fingerprint density at radius 3 is 2.67 bits per heavy atom. The van der Waals surface area contributed by atoms with Crippen molar-refractivity contribution >= 4 is 11.9 Å². The molecule has 0 spiro atoms. The molecule has 1 aromatic carbocycles. The Labute approximate surface area is 105 Å². The van der Waals surface area contributed by atoms with Crippen molar-refractivity contribution < 1.29 is 9.53 Å². The minimum atomic E-state index is -0.573. The standard InChI is InChI=1S/C13H15N3O2/c17-12-11(10-4-2-1-3-5-10)18-13(15-12)16-8-6-14-7-9-16/h1-5,11,14H,6-9H2. The predicted octanol–water partition coefficient (Wildman–Crippen LogP) is 0.546. The van der Waals surface area contributed by atoms with Crippen LogP contribution in [0.15, 0.2) is 35.3 Å². The number of hydrogen-bond acceptors (Lipinski definition) is 4. The molecular formula is C13H15N3O2. The largest absolute Gasteiger partial charge is 0.446 e. The van der Waals surface area contributed by atoms with Crippen LogP contribution in [-0.2, 0) is 9.53 Å². The number of benzene rings is 1. The van der Waals surface area contributed by atoms with Gasteiger partial charge in [-0.25, -0.2) is 0 Å². The molecular weight excluding hydrogens is 230 g/mol. The Kier molecular flexibility index (Phi) is 2.98. The average Bonchev–Trinajstić information content (AvgIpc) is 2.83. The smallest absolute Gasteiger partial charge is 0.296 e. The minimum Gasteiger partial charge on any atom is -0.446 e. The summed E-state index contributed by atoms with van der Waals surface area (Å²) in [6.45, 7) is 3.44. The van der Waals surface area contributed by atoms with Gasteiger partial charge in [0.15, 0.2) is 0 Å². The van der Waals surface area contributed by atoms with Crippen LogP contribution in [0.4, 0.5) is 0 Å². The zero-order valence-electron chi connectivity index (χ0n) is 10.0. The van der Waals surface area contributed by atoms with Gasteiger partial charge in [0.2, 0.25) is 6.10 Å². The number of nitrogens with one attached hydrogen (secondary N) is 1. The number of rotatable bonds is 1. The highest BCUT2D eigenvalue weighted by molar-refractivity contribution is 5.99. The molecule has 2 heterocycles. The third-order valence-electron chi connectivity index (χ3n) is 3.14. The van der Waals surface area contributed by atoms with Crippen LogP contribution in [0, 0.1) is 0 Å². The van der Waals surface area contributed by atoms with E-state index in [0.29, 0.717) is 6.02 Å². The summed E-state index contributed by atoms with van der Waals surface area (Å²) in [6, 6.07) is 9.96. The maximum absolute atomic E-state index is 11.9. The summed E-state index contributed by atoms with van der Waals surface area (Å²) >= 11 is 0. The maximum Gasteiger partial charge on any atom is 0.296 e. The van der Waals surface area contributed by atoms with E-state index in [1.165, 1.54) is 0 Å².